The van der Waals surface area contributed by atoms with Gasteiger partial charge in [0.15, 0.2) is 0 Å². The Balaban J connectivity index is 1.48. The molecule has 4 N–H and O–H groups in total. The number of aromatic nitrogens is 1. The number of nitrogens with two attached hydrogens (primary N) is 1. The second kappa shape index (κ2) is 11.8. The van der Waals surface area contributed by atoms with Crippen LogP contribution in [0.15, 0.2) is 66.9 Å². The quantitative estimate of drug-likeness (QED) is 0.434. The molecule has 182 valence electrons. The van der Waals surface area contributed by atoms with Crippen molar-refractivity contribution in [2.24, 2.45) is 11.7 Å². The van der Waals surface area contributed by atoms with E-state index in [0.29, 0.717) is 24.6 Å². The largest absolute Gasteiger partial charge is 0.354 e. The van der Waals surface area contributed by atoms with Crippen molar-refractivity contribution in [3.63, 3.8) is 0 Å². The first-order chi connectivity index (χ1) is 17.0. The number of pyridine rings is 1. The van der Waals surface area contributed by atoms with Crippen molar-refractivity contribution in [2.45, 2.75) is 51.5 Å². The van der Waals surface area contributed by atoms with E-state index in [4.69, 9.17) is 10.7 Å². The average molecular weight is 471 g/mol. The van der Waals surface area contributed by atoms with Crippen LogP contribution in [-0.2, 0) is 16.0 Å². The lowest BCUT2D eigenvalue weighted by molar-refractivity contribution is -0.120. The Labute approximate surface area is 207 Å². The fourth-order valence-electron chi connectivity index (χ4n) is 4.87. The number of hydrogen-bond acceptors (Lipinski definition) is 4. The second-order valence-electron chi connectivity index (χ2n) is 9.39. The number of anilines is 1. The zero-order valence-electron chi connectivity index (χ0n) is 20.3. The highest BCUT2D eigenvalue weighted by molar-refractivity contribution is 5.93. The number of hydrogen-bond donors (Lipinski definition) is 3. The lowest BCUT2D eigenvalue weighted by Crippen LogP contribution is -2.36. The van der Waals surface area contributed by atoms with Crippen LogP contribution in [0, 0.1) is 5.92 Å². The van der Waals surface area contributed by atoms with Crippen LogP contribution in [0.2, 0.25) is 0 Å². The Hall–Kier alpha value is -3.51. The summed E-state index contributed by atoms with van der Waals surface area (Å²) in [7, 11) is 0. The molecule has 0 saturated heterocycles. The molecule has 6 nitrogen and oxygen atoms in total. The molecular formula is C29H34N4O2. The summed E-state index contributed by atoms with van der Waals surface area (Å²) in [5, 5.41) is 6.05. The number of nitrogens with zero attached hydrogens (tertiary/aromatic N) is 1. The molecule has 2 aromatic carbocycles. The van der Waals surface area contributed by atoms with Crippen molar-refractivity contribution in [3.05, 3.63) is 72.4 Å². The third-order valence-corrected chi connectivity index (χ3v) is 6.64. The van der Waals surface area contributed by atoms with Gasteiger partial charge in [0.2, 0.25) is 11.8 Å². The molecule has 0 radical (unpaired) electrons. The van der Waals surface area contributed by atoms with E-state index in [0.717, 1.165) is 54.5 Å². The molecular weight excluding hydrogens is 436 g/mol. The Bertz CT molecular complexity index is 1140. The summed E-state index contributed by atoms with van der Waals surface area (Å²) in [6, 6.07) is 20.7. The zero-order valence-corrected chi connectivity index (χ0v) is 20.3. The summed E-state index contributed by atoms with van der Waals surface area (Å²) in [5.41, 5.74) is 11.5. The van der Waals surface area contributed by atoms with E-state index < -0.39 is 0 Å². The summed E-state index contributed by atoms with van der Waals surface area (Å²) in [6.07, 6.45) is 6.82. The van der Waals surface area contributed by atoms with Gasteiger partial charge in [-0.05, 0) is 61.8 Å². The van der Waals surface area contributed by atoms with Crippen molar-refractivity contribution in [1.82, 2.24) is 10.3 Å². The highest BCUT2D eigenvalue weighted by Gasteiger charge is 2.23. The maximum atomic E-state index is 12.8. The van der Waals surface area contributed by atoms with Gasteiger partial charge in [-0.3, -0.25) is 14.6 Å². The smallest absolute Gasteiger partial charge is 0.224 e. The minimum Gasteiger partial charge on any atom is -0.354 e. The molecule has 0 spiro atoms. The van der Waals surface area contributed by atoms with Crippen LogP contribution < -0.4 is 16.4 Å². The monoisotopic (exact) mass is 470 g/mol. The van der Waals surface area contributed by atoms with Crippen LogP contribution in [-0.4, -0.2) is 29.4 Å². The standard InChI is InChI=1S/C29H34N4O2/c1-20(34)32-25-13-9-22(10-14-25)17-28(35)33-26-18-27(23-5-3-2-4-6-23)29(31-19-26)24-11-7-21(8-12-24)15-16-30/h2-8,11-12,18-19,22,25H,9-10,13-17,30H2,1H3,(H,32,34)(H,33,35)/t22-,25-. The van der Waals surface area contributed by atoms with Crippen LogP contribution in [0.5, 0.6) is 0 Å². The van der Waals surface area contributed by atoms with Crippen LogP contribution in [0.4, 0.5) is 5.69 Å². The van der Waals surface area contributed by atoms with E-state index >= 15 is 0 Å². The van der Waals surface area contributed by atoms with Gasteiger partial charge in [0.1, 0.15) is 0 Å². The normalized spacial score (nSPS) is 17.5. The Morgan fingerprint density at radius 2 is 1.69 bits per heavy atom. The van der Waals surface area contributed by atoms with Gasteiger partial charge in [-0.2, -0.15) is 0 Å². The van der Waals surface area contributed by atoms with Crippen molar-refractivity contribution >= 4 is 17.5 Å². The van der Waals surface area contributed by atoms with Crippen molar-refractivity contribution < 1.29 is 9.59 Å². The molecule has 1 aromatic heterocycles. The molecule has 1 fully saturated rings. The van der Waals surface area contributed by atoms with E-state index in [1.54, 1.807) is 13.1 Å². The van der Waals surface area contributed by atoms with Crippen LogP contribution in [0.3, 0.4) is 0 Å². The Morgan fingerprint density at radius 3 is 2.34 bits per heavy atom. The summed E-state index contributed by atoms with van der Waals surface area (Å²) in [6.45, 7) is 2.18. The van der Waals surface area contributed by atoms with E-state index in [1.165, 1.54) is 5.56 Å². The van der Waals surface area contributed by atoms with Crippen molar-refractivity contribution in [2.75, 3.05) is 11.9 Å². The maximum Gasteiger partial charge on any atom is 0.224 e. The Kier molecular flexibility index (Phi) is 8.27. The van der Waals surface area contributed by atoms with Crippen LogP contribution >= 0.6 is 0 Å². The SMILES string of the molecule is CC(=O)N[C@H]1CC[C@H](CC(=O)Nc2cnc(-c3ccc(CCN)cc3)c(-c3ccccc3)c2)CC1. The van der Waals surface area contributed by atoms with E-state index in [9.17, 15) is 9.59 Å². The van der Waals surface area contributed by atoms with Crippen LogP contribution in [0.25, 0.3) is 22.4 Å². The van der Waals surface area contributed by atoms with E-state index in [1.807, 2.05) is 24.3 Å². The van der Waals surface area contributed by atoms with Gasteiger partial charge in [0.05, 0.1) is 17.6 Å². The number of benzene rings is 2. The van der Waals surface area contributed by atoms with E-state index in [-0.39, 0.29) is 17.9 Å². The number of carbonyl (C=O) groups excluding carboxylic acids is 2. The number of amides is 2. The maximum absolute atomic E-state index is 12.8. The number of nitrogens with one attached hydrogen (secondary N) is 2. The fourth-order valence-corrected chi connectivity index (χ4v) is 4.87. The lowest BCUT2D eigenvalue weighted by atomic mass is 9.84. The highest BCUT2D eigenvalue weighted by atomic mass is 16.2. The molecule has 6 heteroatoms. The zero-order chi connectivity index (χ0) is 24.6. The molecule has 0 unspecified atom stereocenters. The van der Waals surface area contributed by atoms with Gasteiger partial charge < -0.3 is 16.4 Å². The molecule has 1 aliphatic carbocycles. The summed E-state index contributed by atoms with van der Waals surface area (Å²) >= 11 is 0. The highest BCUT2D eigenvalue weighted by Crippen LogP contribution is 2.33. The Morgan fingerprint density at radius 1 is 0.971 bits per heavy atom. The first-order valence-corrected chi connectivity index (χ1v) is 12.4. The molecule has 2 amide bonds. The average Bonchev–Trinajstić information content (AvgIpc) is 2.86. The molecule has 1 aliphatic rings. The molecule has 1 saturated carbocycles. The molecule has 0 atom stereocenters. The summed E-state index contributed by atoms with van der Waals surface area (Å²) < 4.78 is 0. The van der Waals surface area contributed by atoms with Crippen molar-refractivity contribution in [1.29, 1.82) is 0 Å². The fraction of sp³-hybridized carbons (Fsp3) is 0.345. The molecule has 3 aromatic rings. The van der Waals surface area contributed by atoms with E-state index in [2.05, 4.69) is 47.0 Å². The first kappa shape index (κ1) is 24.6. The third kappa shape index (κ3) is 6.76. The van der Waals surface area contributed by atoms with Gasteiger partial charge in [-0.15, -0.1) is 0 Å². The predicted octanol–water partition coefficient (Wildman–Crippen LogP) is 4.94. The minimum atomic E-state index is 0.00711. The molecule has 4 rings (SSSR count). The van der Waals surface area contributed by atoms with Gasteiger partial charge in [0, 0.05) is 30.5 Å². The van der Waals surface area contributed by atoms with Gasteiger partial charge in [-0.1, -0.05) is 54.6 Å². The van der Waals surface area contributed by atoms with Gasteiger partial charge >= 0.3 is 0 Å². The summed E-state index contributed by atoms with van der Waals surface area (Å²) in [5.74, 6) is 0.364. The summed E-state index contributed by atoms with van der Waals surface area (Å²) in [4.78, 5) is 28.9. The second-order valence-corrected chi connectivity index (χ2v) is 9.39. The van der Waals surface area contributed by atoms with Crippen molar-refractivity contribution in [3.8, 4) is 22.4 Å². The lowest BCUT2D eigenvalue weighted by Gasteiger charge is -2.28. The first-order valence-electron chi connectivity index (χ1n) is 12.4. The van der Waals surface area contributed by atoms with Gasteiger partial charge in [0.25, 0.3) is 0 Å². The molecule has 0 bridgehead atoms. The molecule has 0 aliphatic heterocycles. The number of carbonyl (C=O) groups is 2. The predicted molar refractivity (Wildman–Crippen MR) is 141 cm³/mol. The molecule has 35 heavy (non-hydrogen) atoms. The topological polar surface area (TPSA) is 97.1 Å². The molecule has 1 heterocycles. The minimum absolute atomic E-state index is 0.00711. The van der Waals surface area contributed by atoms with Gasteiger partial charge in [-0.25, -0.2) is 0 Å². The number of rotatable bonds is 8. The third-order valence-electron chi connectivity index (χ3n) is 6.64. The van der Waals surface area contributed by atoms with Crippen LogP contribution in [0.1, 0.15) is 44.6 Å².